The van der Waals surface area contributed by atoms with Crippen LogP contribution in [0.3, 0.4) is 0 Å². The minimum absolute atomic E-state index is 0.106. The van der Waals surface area contributed by atoms with Gasteiger partial charge in [-0.25, -0.2) is 9.78 Å². The summed E-state index contributed by atoms with van der Waals surface area (Å²) in [4.78, 5) is 19.7. The maximum Gasteiger partial charge on any atom is 0.369 e. The minimum atomic E-state index is -0.623. The number of oxime groups is 1. The quantitative estimate of drug-likeness (QED) is 0.389. The zero-order valence-corrected chi connectivity index (χ0v) is 11.6. The van der Waals surface area contributed by atoms with Crippen LogP contribution in [0.1, 0.15) is 22.8 Å². The summed E-state index contributed by atoms with van der Waals surface area (Å²) < 4.78 is 5.36. The molecule has 0 saturated heterocycles. The first kappa shape index (κ1) is 14.5. The normalized spacial score (nSPS) is 11.0. The molecule has 6 heteroatoms. The number of aromatic amines is 1. The van der Waals surface area contributed by atoms with Gasteiger partial charge in [-0.1, -0.05) is 17.3 Å². The molecule has 0 aliphatic heterocycles. The van der Waals surface area contributed by atoms with Crippen LogP contribution in [-0.2, 0) is 4.84 Å². The number of hydrogen-bond acceptors (Lipinski definition) is 4. The number of rotatable bonds is 5. The van der Waals surface area contributed by atoms with Crippen LogP contribution in [0.5, 0.6) is 5.75 Å². The molecular formula is C15H16N3O3+. The molecule has 0 unspecified atom stereocenters. The Labute approximate surface area is 122 Å². The van der Waals surface area contributed by atoms with Crippen LogP contribution in [0.25, 0.3) is 0 Å². The molecule has 0 atom stereocenters. The van der Waals surface area contributed by atoms with Crippen molar-refractivity contribution in [1.29, 1.82) is 0 Å². The number of pyridine rings is 1. The predicted molar refractivity (Wildman–Crippen MR) is 76.7 cm³/mol. The zero-order valence-electron chi connectivity index (χ0n) is 11.6. The number of nitrogens with two attached hydrogens (primary N) is 1. The second-order valence-electron chi connectivity index (χ2n) is 4.08. The molecule has 0 bridgehead atoms. The van der Waals surface area contributed by atoms with Crippen molar-refractivity contribution in [2.24, 2.45) is 10.9 Å². The number of aromatic nitrogens is 1. The van der Waals surface area contributed by atoms with Gasteiger partial charge in [0.25, 0.3) is 0 Å². The zero-order chi connectivity index (χ0) is 15.1. The average Bonchev–Trinajstić information content (AvgIpc) is 2.54. The summed E-state index contributed by atoms with van der Waals surface area (Å²) in [5, 5.41) is 3.64. The summed E-state index contributed by atoms with van der Waals surface area (Å²) in [5.74, 6) is -0.0668. The largest absolute Gasteiger partial charge is 0.493 e. The Kier molecular flexibility index (Phi) is 4.87. The Balaban J connectivity index is 2.12. The van der Waals surface area contributed by atoms with Crippen molar-refractivity contribution in [3.63, 3.8) is 0 Å². The number of carbonyl (C=O) groups excluding carboxylic acids is 1. The molecule has 1 aromatic carbocycles. The van der Waals surface area contributed by atoms with Crippen molar-refractivity contribution in [2.45, 2.75) is 6.92 Å². The second kappa shape index (κ2) is 7.04. The van der Waals surface area contributed by atoms with E-state index in [9.17, 15) is 4.79 Å². The van der Waals surface area contributed by atoms with Crippen LogP contribution >= 0.6 is 0 Å². The van der Waals surface area contributed by atoms with Gasteiger partial charge in [-0.15, -0.1) is 0 Å². The van der Waals surface area contributed by atoms with E-state index >= 15 is 0 Å². The summed E-state index contributed by atoms with van der Waals surface area (Å²) in [5.41, 5.74) is 6.67. The van der Waals surface area contributed by atoms with E-state index in [0.717, 1.165) is 0 Å². The Morgan fingerprint density at radius 2 is 2.10 bits per heavy atom. The standard InChI is InChI=1S/C15H15N3O3/c1-2-20-13-8-4-3-7-12(13)15(19)21-18-14(16)11-6-5-9-17-10-11/h3-10H,2H2,1H3,(H2,16,18)/p+1. The molecular weight excluding hydrogens is 270 g/mol. The highest BCUT2D eigenvalue weighted by Gasteiger charge is 2.14. The van der Waals surface area contributed by atoms with Crippen molar-refractivity contribution in [2.75, 3.05) is 6.61 Å². The van der Waals surface area contributed by atoms with Gasteiger partial charge in [0.05, 0.1) is 12.2 Å². The van der Waals surface area contributed by atoms with Gasteiger partial charge < -0.3 is 15.3 Å². The van der Waals surface area contributed by atoms with Gasteiger partial charge in [0.2, 0.25) is 0 Å². The Bertz CT molecular complexity index is 642. The molecule has 2 aromatic rings. The smallest absolute Gasteiger partial charge is 0.369 e. The minimum Gasteiger partial charge on any atom is -0.493 e. The third kappa shape index (κ3) is 3.79. The van der Waals surface area contributed by atoms with Crippen molar-refractivity contribution < 1.29 is 19.4 Å². The molecule has 0 aliphatic carbocycles. The molecule has 108 valence electrons. The predicted octanol–water partition coefficient (Wildman–Crippen LogP) is 1.38. The maximum absolute atomic E-state index is 12.0. The number of para-hydroxylation sites is 1. The first-order chi connectivity index (χ1) is 10.2. The van der Waals surface area contributed by atoms with Gasteiger partial charge in [-0.3, -0.25) is 0 Å². The monoisotopic (exact) mass is 286 g/mol. The third-order valence-electron chi connectivity index (χ3n) is 2.64. The van der Waals surface area contributed by atoms with Crippen LogP contribution in [0.2, 0.25) is 0 Å². The summed E-state index contributed by atoms with van der Waals surface area (Å²) >= 11 is 0. The Hall–Kier alpha value is -2.89. The number of hydrogen-bond donors (Lipinski definition) is 1. The molecule has 21 heavy (non-hydrogen) atoms. The van der Waals surface area contributed by atoms with E-state index in [0.29, 0.717) is 23.5 Å². The van der Waals surface area contributed by atoms with Crippen LogP contribution in [-0.4, -0.2) is 18.4 Å². The van der Waals surface area contributed by atoms with Gasteiger partial charge in [0, 0.05) is 6.07 Å². The van der Waals surface area contributed by atoms with Gasteiger partial charge in [-0.2, -0.15) is 0 Å². The average molecular weight is 286 g/mol. The summed E-state index contributed by atoms with van der Waals surface area (Å²) in [6.07, 6.45) is 3.39. The topological polar surface area (TPSA) is 88.0 Å². The Morgan fingerprint density at radius 3 is 2.81 bits per heavy atom. The lowest BCUT2D eigenvalue weighted by atomic mass is 10.2. The number of ether oxygens (including phenoxy) is 1. The highest BCUT2D eigenvalue weighted by atomic mass is 16.7. The number of nitrogens with zero attached hydrogens (tertiary/aromatic N) is 1. The number of carbonyl (C=O) groups is 1. The van der Waals surface area contributed by atoms with E-state index in [1.54, 1.807) is 48.8 Å². The molecule has 0 fully saturated rings. The van der Waals surface area contributed by atoms with Crippen molar-refractivity contribution in [3.05, 3.63) is 59.9 Å². The van der Waals surface area contributed by atoms with Crippen LogP contribution in [0.4, 0.5) is 0 Å². The fourth-order valence-electron chi connectivity index (χ4n) is 1.66. The number of nitrogens with one attached hydrogen (secondary N) is 1. The maximum atomic E-state index is 12.0. The van der Waals surface area contributed by atoms with Gasteiger partial charge >= 0.3 is 5.97 Å². The number of benzene rings is 1. The summed E-state index contributed by atoms with van der Waals surface area (Å²) in [6, 6.07) is 10.3. The van der Waals surface area contributed by atoms with Gasteiger partial charge in [0.15, 0.2) is 18.2 Å². The molecule has 0 saturated carbocycles. The molecule has 1 aromatic heterocycles. The van der Waals surface area contributed by atoms with E-state index in [-0.39, 0.29) is 5.84 Å². The number of H-pyrrole nitrogens is 1. The molecule has 0 amide bonds. The van der Waals surface area contributed by atoms with Gasteiger partial charge in [0.1, 0.15) is 11.3 Å². The Morgan fingerprint density at radius 1 is 1.29 bits per heavy atom. The summed E-state index contributed by atoms with van der Waals surface area (Å²) in [7, 11) is 0. The van der Waals surface area contributed by atoms with Crippen LogP contribution < -0.4 is 15.5 Å². The van der Waals surface area contributed by atoms with Gasteiger partial charge in [-0.05, 0) is 25.1 Å². The third-order valence-corrected chi connectivity index (χ3v) is 2.64. The molecule has 0 aliphatic rings. The molecule has 0 radical (unpaired) electrons. The van der Waals surface area contributed by atoms with E-state index in [2.05, 4.69) is 10.1 Å². The SMILES string of the molecule is CCOc1ccccc1C(=O)ON=C(N)c1ccc[nH+]c1. The fraction of sp³-hybridized carbons (Fsp3) is 0.133. The lowest BCUT2D eigenvalue weighted by Gasteiger charge is -2.07. The molecule has 6 nitrogen and oxygen atoms in total. The first-order valence-corrected chi connectivity index (χ1v) is 6.45. The fourth-order valence-corrected chi connectivity index (χ4v) is 1.66. The van der Waals surface area contributed by atoms with Crippen molar-refractivity contribution >= 4 is 11.8 Å². The molecule has 2 rings (SSSR count). The van der Waals surface area contributed by atoms with E-state index in [4.69, 9.17) is 15.3 Å². The van der Waals surface area contributed by atoms with E-state index < -0.39 is 5.97 Å². The molecule has 3 N–H and O–H groups in total. The van der Waals surface area contributed by atoms with Crippen molar-refractivity contribution in [1.82, 2.24) is 0 Å². The second-order valence-corrected chi connectivity index (χ2v) is 4.08. The summed E-state index contributed by atoms with van der Waals surface area (Å²) in [6.45, 7) is 2.29. The number of amidine groups is 1. The lowest BCUT2D eigenvalue weighted by molar-refractivity contribution is -0.378. The van der Waals surface area contributed by atoms with Crippen LogP contribution in [0, 0.1) is 0 Å². The highest BCUT2D eigenvalue weighted by Crippen LogP contribution is 2.18. The molecule has 1 heterocycles. The highest BCUT2D eigenvalue weighted by molar-refractivity contribution is 5.98. The van der Waals surface area contributed by atoms with Crippen LogP contribution in [0.15, 0.2) is 53.9 Å². The first-order valence-electron chi connectivity index (χ1n) is 6.45. The van der Waals surface area contributed by atoms with E-state index in [1.807, 2.05) is 6.92 Å². The lowest BCUT2D eigenvalue weighted by Crippen LogP contribution is -2.17. The van der Waals surface area contributed by atoms with E-state index in [1.165, 1.54) is 0 Å². The molecule has 0 spiro atoms. The van der Waals surface area contributed by atoms with Crippen molar-refractivity contribution in [3.8, 4) is 5.75 Å².